The molecule has 1 rings (SSSR count). The van der Waals surface area contributed by atoms with Crippen molar-refractivity contribution in [3.63, 3.8) is 0 Å². The van der Waals surface area contributed by atoms with E-state index in [1.165, 1.54) is 4.90 Å². The fourth-order valence-corrected chi connectivity index (χ4v) is 2.14. The molecule has 1 fully saturated rings. The van der Waals surface area contributed by atoms with Gasteiger partial charge >= 0.3 is 13.9 Å². The fourth-order valence-electron chi connectivity index (χ4n) is 1.78. The van der Waals surface area contributed by atoms with Crippen molar-refractivity contribution in [1.29, 1.82) is 0 Å². The van der Waals surface area contributed by atoms with Crippen LogP contribution in [0.2, 0.25) is 0 Å². The number of hydrogen-bond donors (Lipinski definition) is 3. The predicted molar refractivity (Wildman–Crippen MR) is 65.3 cm³/mol. The number of likely N-dealkylation sites (tertiary alicyclic amines) is 1. The van der Waals surface area contributed by atoms with Gasteiger partial charge in [-0.1, -0.05) is 0 Å². The highest BCUT2D eigenvalue weighted by molar-refractivity contribution is 7.46. The van der Waals surface area contributed by atoms with Gasteiger partial charge in [-0.15, -0.1) is 0 Å². The lowest BCUT2D eigenvalue weighted by molar-refractivity contribution is 0.0159. The summed E-state index contributed by atoms with van der Waals surface area (Å²) < 4.78 is 20.2. The number of phosphoric acid groups is 1. The van der Waals surface area contributed by atoms with Crippen LogP contribution in [0.4, 0.5) is 4.79 Å². The van der Waals surface area contributed by atoms with Crippen LogP contribution < -0.4 is 0 Å². The molecule has 0 spiro atoms. The van der Waals surface area contributed by atoms with Crippen molar-refractivity contribution in [2.24, 2.45) is 0 Å². The van der Waals surface area contributed by atoms with Crippen LogP contribution in [-0.2, 0) is 13.8 Å². The third-order valence-electron chi connectivity index (χ3n) is 2.46. The van der Waals surface area contributed by atoms with Crippen LogP contribution in [0, 0.1) is 0 Å². The first kappa shape index (κ1) is 16.4. The molecule has 0 aromatic carbocycles. The molecule has 1 heterocycles. The van der Waals surface area contributed by atoms with Crippen molar-refractivity contribution >= 4 is 13.9 Å². The highest BCUT2D eigenvalue weighted by atomic mass is 31.2. The van der Waals surface area contributed by atoms with Crippen LogP contribution in [0.15, 0.2) is 0 Å². The van der Waals surface area contributed by atoms with Gasteiger partial charge in [0.15, 0.2) is 0 Å². The minimum absolute atomic E-state index is 0.0596. The number of β-amino-alcohol motifs (C(OH)–C–C–N with tert-alkyl or cyclic N) is 1. The molecule has 3 N–H and O–H groups in total. The van der Waals surface area contributed by atoms with Gasteiger partial charge in [0.25, 0.3) is 0 Å². The topological polar surface area (TPSA) is 117 Å². The van der Waals surface area contributed by atoms with Crippen molar-refractivity contribution in [2.75, 3.05) is 13.2 Å². The maximum atomic E-state index is 11.9. The third kappa shape index (κ3) is 5.88. The molecule has 112 valence electrons. The number of aliphatic hydroxyl groups excluding tert-OH is 1. The Bertz CT molecular complexity index is 375. The summed E-state index contributed by atoms with van der Waals surface area (Å²) in [6.07, 6.45) is -1.19. The highest BCUT2D eigenvalue weighted by Crippen LogP contribution is 2.37. The van der Waals surface area contributed by atoms with E-state index >= 15 is 0 Å². The maximum absolute atomic E-state index is 11.9. The van der Waals surface area contributed by atoms with Gasteiger partial charge in [0, 0.05) is 0 Å². The number of rotatable bonds is 3. The minimum atomic E-state index is -4.60. The van der Waals surface area contributed by atoms with E-state index in [2.05, 4.69) is 4.52 Å². The van der Waals surface area contributed by atoms with Gasteiger partial charge in [0.2, 0.25) is 0 Å². The molecule has 0 aromatic heterocycles. The second kappa shape index (κ2) is 5.76. The molecular formula is C10H20NO7P. The lowest BCUT2D eigenvalue weighted by atomic mass is 10.2. The summed E-state index contributed by atoms with van der Waals surface area (Å²) in [4.78, 5) is 30.4. The lowest BCUT2D eigenvalue weighted by Crippen LogP contribution is -2.41. The molecular weight excluding hydrogens is 277 g/mol. The first-order valence-corrected chi connectivity index (χ1v) is 7.39. The zero-order chi connectivity index (χ0) is 14.8. The standard InChI is InChI=1S/C10H20NO7P/c1-10(2,3)18-9(13)11-5-8(12)4-7(11)6-17-19(14,15)16/h7-8,12H,4-6H2,1-3H3,(H2,14,15,16). The van der Waals surface area contributed by atoms with Crippen molar-refractivity contribution in [3.05, 3.63) is 0 Å². The van der Waals surface area contributed by atoms with E-state index in [-0.39, 0.29) is 19.6 Å². The van der Waals surface area contributed by atoms with Crippen molar-refractivity contribution in [3.8, 4) is 0 Å². The van der Waals surface area contributed by atoms with E-state index in [0.717, 1.165) is 0 Å². The van der Waals surface area contributed by atoms with Crippen LogP contribution in [0.1, 0.15) is 27.2 Å². The number of amides is 1. The summed E-state index contributed by atoms with van der Waals surface area (Å²) in [5.41, 5.74) is -0.681. The Morgan fingerprint density at radius 3 is 2.47 bits per heavy atom. The molecule has 8 nitrogen and oxygen atoms in total. The van der Waals surface area contributed by atoms with Gasteiger partial charge in [-0.2, -0.15) is 0 Å². The van der Waals surface area contributed by atoms with Gasteiger partial charge in [-0.3, -0.25) is 4.52 Å². The Kier molecular flexibility index (Phi) is 4.97. The predicted octanol–water partition coefficient (Wildman–Crippen LogP) is 0.466. The first-order chi connectivity index (χ1) is 8.48. The summed E-state index contributed by atoms with van der Waals surface area (Å²) in [6, 6.07) is -0.613. The molecule has 1 aliphatic rings. The van der Waals surface area contributed by atoms with Crippen LogP contribution in [0.25, 0.3) is 0 Å². The van der Waals surface area contributed by atoms with Crippen LogP contribution >= 0.6 is 7.82 Å². The quantitative estimate of drug-likeness (QED) is 0.648. The second-order valence-electron chi connectivity index (χ2n) is 5.46. The molecule has 0 aromatic rings. The molecule has 0 radical (unpaired) electrons. The summed E-state index contributed by atoms with van der Waals surface area (Å²) >= 11 is 0. The zero-order valence-corrected chi connectivity index (χ0v) is 12.0. The van der Waals surface area contributed by atoms with Gasteiger partial charge in [-0.25, -0.2) is 9.36 Å². The summed E-state index contributed by atoms with van der Waals surface area (Å²) in [5, 5.41) is 9.55. The normalized spacial score (nSPS) is 24.6. The SMILES string of the molecule is CC(C)(C)OC(=O)N1CC(O)CC1COP(=O)(O)O. The van der Waals surface area contributed by atoms with Gasteiger partial charge < -0.3 is 24.5 Å². The summed E-state index contributed by atoms with van der Waals surface area (Å²) in [7, 11) is -4.60. The number of phosphoric ester groups is 1. The monoisotopic (exact) mass is 297 g/mol. The molecule has 1 saturated heterocycles. The van der Waals surface area contributed by atoms with E-state index in [9.17, 15) is 14.5 Å². The number of nitrogens with zero attached hydrogens (tertiary/aromatic N) is 1. The van der Waals surface area contributed by atoms with Crippen molar-refractivity contribution in [2.45, 2.75) is 44.9 Å². The van der Waals surface area contributed by atoms with Gasteiger partial charge in [0.1, 0.15) is 5.60 Å². The number of carbonyl (C=O) groups is 1. The average molecular weight is 297 g/mol. The smallest absolute Gasteiger partial charge is 0.444 e. The first-order valence-electron chi connectivity index (χ1n) is 5.86. The molecule has 19 heavy (non-hydrogen) atoms. The Morgan fingerprint density at radius 1 is 1.42 bits per heavy atom. The van der Waals surface area contributed by atoms with Crippen molar-refractivity contribution in [1.82, 2.24) is 4.90 Å². The summed E-state index contributed by atoms with van der Waals surface area (Å²) in [5.74, 6) is 0. The molecule has 0 bridgehead atoms. The zero-order valence-electron chi connectivity index (χ0n) is 11.1. The maximum Gasteiger partial charge on any atom is 0.469 e. The number of ether oxygens (including phenoxy) is 1. The fraction of sp³-hybridized carbons (Fsp3) is 0.900. The average Bonchev–Trinajstić information content (AvgIpc) is 2.53. The minimum Gasteiger partial charge on any atom is -0.444 e. The molecule has 1 aliphatic heterocycles. The highest BCUT2D eigenvalue weighted by Gasteiger charge is 2.37. The number of aliphatic hydroxyl groups is 1. The van der Waals surface area contributed by atoms with E-state index in [1.807, 2.05) is 0 Å². The Hall–Kier alpha value is -0.660. The van der Waals surface area contributed by atoms with E-state index in [4.69, 9.17) is 14.5 Å². The van der Waals surface area contributed by atoms with E-state index in [0.29, 0.717) is 0 Å². The number of hydrogen-bond acceptors (Lipinski definition) is 5. The van der Waals surface area contributed by atoms with Gasteiger partial charge in [-0.05, 0) is 27.2 Å². The Labute approximate surface area is 111 Å². The Balaban J connectivity index is 2.64. The molecule has 2 unspecified atom stereocenters. The molecule has 1 amide bonds. The molecule has 9 heteroatoms. The van der Waals surface area contributed by atoms with Gasteiger partial charge in [0.05, 0.1) is 25.3 Å². The van der Waals surface area contributed by atoms with E-state index < -0.39 is 31.7 Å². The van der Waals surface area contributed by atoms with Crippen LogP contribution in [0.5, 0.6) is 0 Å². The lowest BCUT2D eigenvalue weighted by Gasteiger charge is -2.28. The number of carbonyl (C=O) groups excluding carboxylic acids is 1. The van der Waals surface area contributed by atoms with Crippen molar-refractivity contribution < 1.29 is 33.5 Å². The molecule has 0 saturated carbocycles. The van der Waals surface area contributed by atoms with Crippen LogP contribution in [-0.4, -0.2) is 56.8 Å². The largest absolute Gasteiger partial charge is 0.469 e. The summed E-state index contributed by atoms with van der Waals surface area (Å²) in [6.45, 7) is 4.83. The Morgan fingerprint density at radius 2 is 2.00 bits per heavy atom. The van der Waals surface area contributed by atoms with Crippen LogP contribution in [0.3, 0.4) is 0 Å². The third-order valence-corrected chi connectivity index (χ3v) is 2.94. The molecule has 2 atom stereocenters. The molecule has 0 aliphatic carbocycles. The second-order valence-corrected chi connectivity index (χ2v) is 6.70. The van der Waals surface area contributed by atoms with E-state index in [1.54, 1.807) is 20.8 Å².